The van der Waals surface area contributed by atoms with Crippen LogP contribution in [0.2, 0.25) is 0 Å². The van der Waals surface area contributed by atoms with Gasteiger partial charge in [0.05, 0.1) is 10.8 Å². The van der Waals surface area contributed by atoms with Crippen molar-refractivity contribution >= 4 is 24.5 Å². The van der Waals surface area contributed by atoms with Gasteiger partial charge in [-0.2, -0.15) is 12.6 Å². The predicted molar refractivity (Wildman–Crippen MR) is 85.1 cm³/mol. The molecule has 1 unspecified atom stereocenters. The number of benzene rings is 1. The Kier molecular flexibility index (Phi) is 5.00. The molecule has 0 saturated carbocycles. The van der Waals surface area contributed by atoms with E-state index in [2.05, 4.69) is 12.6 Å². The summed E-state index contributed by atoms with van der Waals surface area (Å²) >= 11 is 4.40. The molecule has 1 aliphatic carbocycles. The molecule has 0 spiro atoms. The summed E-state index contributed by atoms with van der Waals surface area (Å²) in [6, 6.07) is 6.39. The molecular formula is C16H15NO3S. The van der Waals surface area contributed by atoms with E-state index in [1.54, 1.807) is 18.2 Å². The van der Waals surface area contributed by atoms with Crippen molar-refractivity contribution in [2.75, 3.05) is 0 Å². The summed E-state index contributed by atoms with van der Waals surface area (Å²) in [4.78, 5) is 10.8. The van der Waals surface area contributed by atoms with Crippen molar-refractivity contribution in [1.82, 2.24) is 0 Å². The smallest absolute Gasteiger partial charge is 0.335 e. The van der Waals surface area contributed by atoms with Crippen LogP contribution >= 0.6 is 12.6 Å². The fraction of sp³-hybridized carbons (Fsp3) is 0.125. The number of carbonyl (C=O) groups is 1. The summed E-state index contributed by atoms with van der Waals surface area (Å²) in [5.74, 6) is -0.899. The number of allylic oxidation sites excluding steroid dienone is 4. The van der Waals surface area contributed by atoms with Crippen molar-refractivity contribution in [3.05, 3.63) is 71.3 Å². The Balaban J connectivity index is 1.97. The van der Waals surface area contributed by atoms with E-state index < -0.39 is 5.97 Å². The number of thiol groups is 1. The molecule has 0 saturated heterocycles. The Bertz CT molecular complexity index is 629. The van der Waals surface area contributed by atoms with Crippen LogP contribution < -0.4 is 0 Å². The van der Waals surface area contributed by atoms with Crippen LogP contribution in [0.25, 0.3) is 0 Å². The van der Waals surface area contributed by atoms with Gasteiger partial charge in [-0.15, -0.1) is 0 Å². The number of carboxylic acid groups (broad SMARTS) is 1. The Hall–Kier alpha value is -2.27. The molecule has 0 aliphatic heterocycles. The molecule has 0 fully saturated rings. The molecule has 1 aromatic carbocycles. The molecule has 108 valence electrons. The molecule has 1 aliphatic rings. The first-order valence-electron chi connectivity index (χ1n) is 6.35. The topological polar surface area (TPSA) is 70.4 Å². The van der Waals surface area contributed by atoms with Gasteiger partial charge in [0, 0.05) is 5.57 Å². The maximum atomic E-state index is 10.8. The minimum absolute atomic E-state index is 0.0634. The zero-order chi connectivity index (χ0) is 15.2. The summed E-state index contributed by atoms with van der Waals surface area (Å²) in [5, 5.41) is 16.6. The normalized spacial score (nSPS) is 17.0. The predicted octanol–water partition coefficient (Wildman–Crippen LogP) is 3.23. The van der Waals surface area contributed by atoms with Crippen molar-refractivity contribution in [1.29, 1.82) is 5.41 Å². The summed E-state index contributed by atoms with van der Waals surface area (Å²) in [6.45, 7) is 0.212. The van der Waals surface area contributed by atoms with E-state index in [0.29, 0.717) is 5.57 Å². The number of ether oxygens (including phenoxy) is 1. The molecule has 1 atom stereocenters. The molecule has 2 N–H and O–H groups in total. The average molecular weight is 301 g/mol. The highest BCUT2D eigenvalue weighted by atomic mass is 32.1. The first kappa shape index (κ1) is 15.1. The number of nitrogens with one attached hydrogen (secondary N) is 1. The van der Waals surface area contributed by atoms with Gasteiger partial charge in [-0.1, -0.05) is 42.5 Å². The Labute approximate surface area is 128 Å². The molecule has 1 aromatic rings. The van der Waals surface area contributed by atoms with Crippen LogP contribution in [-0.4, -0.2) is 22.2 Å². The Morgan fingerprint density at radius 3 is 2.62 bits per heavy atom. The van der Waals surface area contributed by atoms with Gasteiger partial charge in [0.1, 0.15) is 6.61 Å². The molecule has 0 amide bonds. The van der Waals surface area contributed by atoms with E-state index in [1.165, 1.54) is 12.1 Å². The minimum Gasteiger partial charge on any atom is -0.478 e. The first-order chi connectivity index (χ1) is 10.1. The standard InChI is InChI=1S/C16H15NO3S/c17-15(13-4-2-1-3-5-14(13)21)20-10-11-6-8-12(9-7-11)16(18)19/h1-9,14,17,21H,10H2,(H,18,19). The minimum atomic E-state index is -0.963. The second-order valence-corrected chi connectivity index (χ2v) is 5.01. The lowest BCUT2D eigenvalue weighted by atomic mass is 10.1. The van der Waals surface area contributed by atoms with E-state index in [4.69, 9.17) is 15.3 Å². The van der Waals surface area contributed by atoms with Crippen LogP contribution in [0, 0.1) is 5.41 Å². The monoisotopic (exact) mass is 301 g/mol. The van der Waals surface area contributed by atoms with Crippen molar-refractivity contribution in [3.63, 3.8) is 0 Å². The van der Waals surface area contributed by atoms with Crippen molar-refractivity contribution in [3.8, 4) is 0 Å². The fourth-order valence-electron chi connectivity index (χ4n) is 1.79. The summed E-state index contributed by atoms with van der Waals surface area (Å²) < 4.78 is 5.44. The number of hydrogen-bond donors (Lipinski definition) is 3. The largest absolute Gasteiger partial charge is 0.478 e. The highest BCUT2D eigenvalue weighted by Crippen LogP contribution is 2.17. The fourth-order valence-corrected chi connectivity index (χ4v) is 2.09. The number of carboxylic acids is 1. The van der Waals surface area contributed by atoms with Crippen LogP contribution in [0.4, 0.5) is 0 Å². The van der Waals surface area contributed by atoms with Gasteiger partial charge in [0.25, 0.3) is 0 Å². The quantitative estimate of drug-likeness (QED) is 0.454. The van der Waals surface area contributed by atoms with Gasteiger partial charge in [-0.25, -0.2) is 4.79 Å². The van der Waals surface area contributed by atoms with Crippen molar-refractivity contribution in [2.45, 2.75) is 11.9 Å². The summed E-state index contributed by atoms with van der Waals surface area (Å²) in [7, 11) is 0. The molecule has 0 bridgehead atoms. The summed E-state index contributed by atoms with van der Waals surface area (Å²) in [5.41, 5.74) is 1.72. The van der Waals surface area contributed by atoms with Crippen LogP contribution in [0.3, 0.4) is 0 Å². The van der Waals surface area contributed by atoms with Gasteiger partial charge in [-0.3, -0.25) is 5.41 Å². The van der Waals surface area contributed by atoms with E-state index in [9.17, 15) is 4.79 Å². The third-order valence-corrected chi connectivity index (χ3v) is 3.41. The summed E-state index contributed by atoms with van der Waals surface area (Å²) in [6.07, 6.45) is 9.25. The second kappa shape index (κ2) is 6.95. The van der Waals surface area contributed by atoms with Gasteiger partial charge >= 0.3 is 5.97 Å². The lowest BCUT2D eigenvalue weighted by Crippen LogP contribution is -2.14. The van der Waals surface area contributed by atoms with Crippen LogP contribution in [0.15, 0.2) is 60.2 Å². The van der Waals surface area contributed by atoms with Gasteiger partial charge < -0.3 is 9.84 Å². The molecule has 4 nitrogen and oxygen atoms in total. The van der Waals surface area contributed by atoms with Crippen LogP contribution in [-0.2, 0) is 11.3 Å². The van der Waals surface area contributed by atoms with E-state index in [-0.39, 0.29) is 23.3 Å². The van der Waals surface area contributed by atoms with Crippen molar-refractivity contribution in [2.24, 2.45) is 0 Å². The molecule has 21 heavy (non-hydrogen) atoms. The second-order valence-electron chi connectivity index (χ2n) is 4.46. The zero-order valence-corrected chi connectivity index (χ0v) is 12.1. The Morgan fingerprint density at radius 2 is 1.95 bits per heavy atom. The third-order valence-electron chi connectivity index (χ3n) is 2.96. The molecule has 0 radical (unpaired) electrons. The zero-order valence-electron chi connectivity index (χ0n) is 11.2. The third kappa shape index (κ3) is 4.10. The van der Waals surface area contributed by atoms with Crippen LogP contribution in [0.1, 0.15) is 15.9 Å². The van der Waals surface area contributed by atoms with Gasteiger partial charge in [0.15, 0.2) is 0 Å². The number of rotatable bonds is 4. The average Bonchev–Trinajstić information content (AvgIpc) is 2.70. The first-order valence-corrected chi connectivity index (χ1v) is 6.86. The highest BCUT2D eigenvalue weighted by Gasteiger charge is 2.14. The molecule has 0 aromatic heterocycles. The lowest BCUT2D eigenvalue weighted by molar-refractivity contribution is 0.0697. The highest BCUT2D eigenvalue weighted by molar-refractivity contribution is 7.81. The van der Waals surface area contributed by atoms with E-state index in [1.807, 2.05) is 24.3 Å². The van der Waals surface area contributed by atoms with E-state index in [0.717, 1.165) is 5.56 Å². The van der Waals surface area contributed by atoms with Crippen LogP contribution in [0.5, 0.6) is 0 Å². The molecular weight excluding hydrogens is 286 g/mol. The maximum absolute atomic E-state index is 10.8. The van der Waals surface area contributed by atoms with Gasteiger partial charge in [-0.05, 0) is 17.7 Å². The van der Waals surface area contributed by atoms with Gasteiger partial charge in [0.2, 0.25) is 5.90 Å². The number of hydrogen-bond acceptors (Lipinski definition) is 4. The molecule has 2 rings (SSSR count). The Morgan fingerprint density at radius 1 is 1.24 bits per heavy atom. The SMILES string of the molecule is N=C(OCc1ccc(C(=O)O)cc1)C1=CC=CC=CC1S. The lowest BCUT2D eigenvalue weighted by Gasteiger charge is -2.13. The van der Waals surface area contributed by atoms with Crippen molar-refractivity contribution < 1.29 is 14.6 Å². The molecule has 5 heteroatoms. The maximum Gasteiger partial charge on any atom is 0.335 e. The van der Waals surface area contributed by atoms with E-state index >= 15 is 0 Å². The molecule has 0 heterocycles. The number of aromatic carboxylic acids is 1.